The highest BCUT2D eigenvalue weighted by atomic mass is 16.6. The number of carbonyl (C=O) groups is 2. The number of amides is 1. The van der Waals surface area contributed by atoms with Crippen LogP contribution < -0.4 is 5.32 Å². The van der Waals surface area contributed by atoms with Gasteiger partial charge in [-0.2, -0.15) is 0 Å². The minimum Gasteiger partial charge on any atom is -0.467 e. The van der Waals surface area contributed by atoms with E-state index in [1.54, 1.807) is 0 Å². The smallest absolute Gasteiger partial charge is 0.407 e. The van der Waals surface area contributed by atoms with Crippen molar-refractivity contribution >= 4 is 12.1 Å². The third-order valence-corrected chi connectivity index (χ3v) is 4.20. The Morgan fingerprint density at radius 2 is 1.86 bits per heavy atom. The molecule has 0 aromatic heterocycles. The summed E-state index contributed by atoms with van der Waals surface area (Å²) in [6.07, 6.45) is 8.69. The second kappa shape index (κ2) is 10.5. The average molecular weight is 313 g/mol. The van der Waals surface area contributed by atoms with Crippen LogP contribution in [0.3, 0.4) is 0 Å². The molecule has 1 rings (SSSR count). The Balaban J connectivity index is 2.20. The van der Waals surface area contributed by atoms with E-state index in [2.05, 4.69) is 5.32 Å². The van der Waals surface area contributed by atoms with E-state index in [-0.39, 0.29) is 5.92 Å². The third kappa shape index (κ3) is 7.66. The van der Waals surface area contributed by atoms with Crippen molar-refractivity contribution in [3.63, 3.8) is 0 Å². The highest BCUT2D eigenvalue weighted by Crippen LogP contribution is 2.27. The molecule has 1 fully saturated rings. The molecular formula is C17H31NO4. The van der Waals surface area contributed by atoms with Crippen molar-refractivity contribution in [2.75, 3.05) is 13.7 Å². The van der Waals surface area contributed by atoms with Gasteiger partial charge in [0.2, 0.25) is 0 Å². The number of nitrogens with one attached hydrogen (secondary N) is 1. The molecule has 1 aliphatic carbocycles. The van der Waals surface area contributed by atoms with Gasteiger partial charge in [-0.25, -0.2) is 9.59 Å². The van der Waals surface area contributed by atoms with Crippen molar-refractivity contribution in [3.8, 4) is 0 Å². The van der Waals surface area contributed by atoms with Crippen LogP contribution in [0.4, 0.5) is 4.79 Å². The average Bonchev–Trinajstić information content (AvgIpc) is 2.50. The zero-order valence-corrected chi connectivity index (χ0v) is 14.2. The largest absolute Gasteiger partial charge is 0.467 e. The lowest BCUT2D eigenvalue weighted by Gasteiger charge is -2.21. The molecule has 0 saturated heterocycles. The SMILES string of the molecule is COC(=O)[C@H](CC(C)C)NC(=O)OCCCC1CCCCC1. The summed E-state index contributed by atoms with van der Waals surface area (Å²) in [5.41, 5.74) is 0. The summed E-state index contributed by atoms with van der Waals surface area (Å²) in [6, 6.07) is -0.629. The van der Waals surface area contributed by atoms with Crippen molar-refractivity contribution in [2.24, 2.45) is 11.8 Å². The highest BCUT2D eigenvalue weighted by molar-refractivity contribution is 5.81. The molecule has 0 unspecified atom stereocenters. The fourth-order valence-electron chi connectivity index (χ4n) is 3.02. The maximum Gasteiger partial charge on any atom is 0.407 e. The second-order valence-corrected chi connectivity index (χ2v) is 6.63. The van der Waals surface area contributed by atoms with Gasteiger partial charge in [0, 0.05) is 0 Å². The number of hydrogen-bond acceptors (Lipinski definition) is 4. The van der Waals surface area contributed by atoms with Crippen molar-refractivity contribution in [2.45, 2.75) is 71.3 Å². The maximum atomic E-state index is 11.8. The lowest BCUT2D eigenvalue weighted by molar-refractivity contribution is -0.143. The molecule has 0 aromatic rings. The highest BCUT2D eigenvalue weighted by Gasteiger charge is 2.23. The van der Waals surface area contributed by atoms with E-state index >= 15 is 0 Å². The Hall–Kier alpha value is -1.26. The van der Waals surface area contributed by atoms with E-state index in [1.165, 1.54) is 39.2 Å². The van der Waals surface area contributed by atoms with Crippen molar-refractivity contribution in [1.29, 1.82) is 0 Å². The summed E-state index contributed by atoms with van der Waals surface area (Å²) in [6.45, 7) is 4.40. The van der Waals surface area contributed by atoms with Crippen LogP contribution in [0.15, 0.2) is 0 Å². The number of hydrogen-bond donors (Lipinski definition) is 1. The summed E-state index contributed by atoms with van der Waals surface area (Å²) in [5.74, 6) is 0.660. The lowest BCUT2D eigenvalue weighted by Crippen LogP contribution is -2.42. The Labute approximate surface area is 134 Å². The molecule has 0 heterocycles. The van der Waals surface area contributed by atoms with Gasteiger partial charge < -0.3 is 14.8 Å². The first-order valence-electron chi connectivity index (χ1n) is 8.54. The quantitative estimate of drug-likeness (QED) is 0.548. The van der Waals surface area contributed by atoms with E-state index in [1.807, 2.05) is 13.8 Å². The van der Waals surface area contributed by atoms with Gasteiger partial charge in [0.05, 0.1) is 13.7 Å². The molecule has 5 heteroatoms. The van der Waals surface area contributed by atoms with Gasteiger partial charge in [-0.05, 0) is 31.1 Å². The van der Waals surface area contributed by atoms with Gasteiger partial charge in [0.25, 0.3) is 0 Å². The van der Waals surface area contributed by atoms with Crippen LogP contribution in [-0.4, -0.2) is 31.8 Å². The number of esters is 1. The van der Waals surface area contributed by atoms with Gasteiger partial charge in [0.15, 0.2) is 0 Å². The van der Waals surface area contributed by atoms with Crippen LogP contribution in [0.1, 0.15) is 65.2 Å². The van der Waals surface area contributed by atoms with Gasteiger partial charge in [0.1, 0.15) is 6.04 Å². The molecule has 1 amide bonds. The molecule has 0 bridgehead atoms. The first-order chi connectivity index (χ1) is 10.5. The van der Waals surface area contributed by atoms with Crippen LogP contribution in [0.5, 0.6) is 0 Å². The molecule has 0 aliphatic heterocycles. The van der Waals surface area contributed by atoms with E-state index in [9.17, 15) is 9.59 Å². The van der Waals surface area contributed by atoms with Crippen LogP contribution in [0.2, 0.25) is 0 Å². The molecular weight excluding hydrogens is 282 g/mol. The summed E-state index contributed by atoms with van der Waals surface area (Å²) >= 11 is 0. The maximum absolute atomic E-state index is 11.8. The van der Waals surface area contributed by atoms with Crippen LogP contribution >= 0.6 is 0 Å². The van der Waals surface area contributed by atoms with E-state index in [0.29, 0.717) is 13.0 Å². The molecule has 128 valence electrons. The Bertz CT molecular complexity index is 338. The number of carbonyl (C=O) groups excluding carboxylic acids is 2. The Morgan fingerprint density at radius 1 is 1.18 bits per heavy atom. The summed E-state index contributed by atoms with van der Waals surface area (Å²) in [7, 11) is 1.33. The topological polar surface area (TPSA) is 64.6 Å². The van der Waals surface area contributed by atoms with E-state index in [4.69, 9.17) is 9.47 Å². The van der Waals surface area contributed by atoms with Gasteiger partial charge >= 0.3 is 12.1 Å². The molecule has 5 nitrogen and oxygen atoms in total. The lowest BCUT2D eigenvalue weighted by atomic mass is 9.86. The second-order valence-electron chi connectivity index (χ2n) is 6.63. The fraction of sp³-hybridized carbons (Fsp3) is 0.882. The zero-order chi connectivity index (χ0) is 16.4. The zero-order valence-electron chi connectivity index (χ0n) is 14.2. The number of rotatable bonds is 8. The third-order valence-electron chi connectivity index (χ3n) is 4.20. The molecule has 22 heavy (non-hydrogen) atoms. The first kappa shape index (κ1) is 18.8. The molecule has 0 spiro atoms. The summed E-state index contributed by atoms with van der Waals surface area (Å²) in [4.78, 5) is 23.4. The van der Waals surface area contributed by atoms with Crippen molar-refractivity contribution in [1.82, 2.24) is 5.32 Å². The van der Waals surface area contributed by atoms with Gasteiger partial charge in [-0.1, -0.05) is 46.0 Å². The van der Waals surface area contributed by atoms with Crippen LogP contribution in [-0.2, 0) is 14.3 Å². The molecule has 0 aromatic carbocycles. The summed E-state index contributed by atoms with van der Waals surface area (Å²) < 4.78 is 9.89. The number of ether oxygens (including phenoxy) is 2. The predicted octanol–water partition coefficient (Wildman–Crippen LogP) is 3.66. The van der Waals surface area contributed by atoms with Gasteiger partial charge in [-0.15, -0.1) is 0 Å². The van der Waals surface area contributed by atoms with Crippen molar-refractivity contribution < 1.29 is 19.1 Å². The summed E-state index contributed by atoms with van der Waals surface area (Å²) in [5, 5.41) is 2.60. The fourth-order valence-corrected chi connectivity index (χ4v) is 3.02. The molecule has 1 saturated carbocycles. The first-order valence-corrected chi connectivity index (χ1v) is 8.54. The minimum atomic E-state index is -0.629. The van der Waals surface area contributed by atoms with E-state index in [0.717, 1.165) is 18.8 Å². The molecule has 1 N–H and O–H groups in total. The monoisotopic (exact) mass is 313 g/mol. The van der Waals surface area contributed by atoms with Gasteiger partial charge in [-0.3, -0.25) is 0 Å². The molecule has 1 aliphatic rings. The Morgan fingerprint density at radius 3 is 2.45 bits per heavy atom. The molecule has 0 radical (unpaired) electrons. The number of alkyl carbamates (subject to hydrolysis) is 1. The van der Waals surface area contributed by atoms with Crippen LogP contribution in [0, 0.1) is 11.8 Å². The Kier molecular flexibility index (Phi) is 8.94. The standard InChI is InChI=1S/C17H31NO4/c1-13(2)12-15(16(19)21-3)18-17(20)22-11-7-10-14-8-5-4-6-9-14/h13-15H,4-12H2,1-3H3,(H,18,20)/t15-/m0/s1. The van der Waals surface area contributed by atoms with Crippen molar-refractivity contribution in [3.05, 3.63) is 0 Å². The predicted molar refractivity (Wildman–Crippen MR) is 85.6 cm³/mol. The number of methoxy groups -OCH3 is 1. The van der Waals surface area contributed by atoms with Crippen LogP contribution in [0.25, 0.3) is 0 Å². The van der Waals surface area contributed by atoms with E-state index < -0.39 is 18.1 Å². The minimum absolute atomic E-state index is 0.288. The normalized spacial score (nSPS) is 17.1. The molecule has 1 atom stereocenters.